The zero-order chi connectivity index (χ0) is 11.7. The maximum atomic E-state index is 6.10. The van der Waals surface area contributed by atoms with Gasteiger partial charge >= 0.3 is 0 Å². The third-order valence-electron chi connectivity index (χ3n) is 3.32. The molecule has 0 fully saturated rings. The van der Waals surface area contributed by atoms with Crippen molar-refractivity contribution >= 4 is 23.3 Å². The van der Waals surface area contributed by atoms with Gasteiger partial charge in [-0.05, 0) is 29.3 Å². The summed E-state index contributed by atoms with van der Waals surface area (Å²) in [5.74, 6) is 1.07. The Balaban J connectivity index is 2.08. The monoisotopic (exact) mass is 243 g/mol. The Kier molecular flexibility index (Phi) is 2.77. The first-order chi connectivity index (χ1) is 8.38. The normalized spacial score (nSPS) is 18.6. The molecule has 0 saturated heterocycles. The molecule has 0 amide bonds. The van der Waals surface area contributed by atoms with E-state index in [2.05, 4.69) is 53.2 Å². The Labute approximate surface area is 106 Å². The minimum Gasteiger partial charge on any atom is -0.347 e. The van der Waals surface area contributed by atoms with E-state index in [9.17, 15) is 0 Å². The van der Waals surface area contributed by atoms with Gasteiger partial charge in [-0.15, -0.1) is 11.6 Å². The molecule has 0 radical (unpaired) electrons. The standard InChI is InChI=1S/C15H14ClN/c16-10-13-11-17-8-4-7-14(17)9-15(13)12-5-2-1-3-6-12/h1-9,13H,10-11H2. The molecule has 1 aromatic heterocycles. The van der Waals surface area contributed by atoms with Gasteiger partial charge in [-0.3, -0.25) is 0 Å². The number of fused-ring (bicyclic) bond motifs is 1. The van der Waals surface area contributed by atoms with Crippen LogP contribution < -0.4 is 0 Å². The lowest BCUT2D eigenvalue weighted by Crippen LogP contribution is -2.18. The molecule has 3 rings (SSSR count). The molecule has 0 N–H and O–H groups in total. The Morgan fingerprint density at radius 1 is 1.12 bits per heavy atom. The summed E-state index contributed by atoms with van der Waals surface area (Å²) < 4.78 is 2.26. The third-order valence-corrected chi connectivity index (χ3v) is 3.69. The van der Waals surface area contributed by atoms with Crippen LogP contribution in [0, 0.1) is 5.92 Å². The van der Waals surface area contributed by atoms with Gasteiger partial charge in [0, 0.05) is 30.2 Å². The fourth-order valence-corrected chi connectivity index (χ4v) is 2.68. The highest BCUT2D eigenvalue weighted by atomic mass is 35.5. The van der Waals surface area contributed by atoms with Crippen LogP contribution in [-0.2, 0) is 6.54 Å². The van der Waals surface area contributed by atoms with Crippen LogP contribution in [0.2, 0.25) is 0 Å². The van der Waals surface area contributed by atoms with Crippen molar-refractivity contribution in [1.29, 1.82) is 0 Å². The lowest BCUT2D eigenvalue weighted by molar-refractivity contribution is 0.578. The second-order valence-corrected chi connectivity index (χ2v) is 4.71. The number of hydrogen-bond acceptors (Lipinski definition) is 0. The van der Waals surface area contributed by atoms with E-state index < -0.39 is 0 Å². The number of benzene rings is 1. The van der Waals surface area contributed by atoms with Crippen molar-refractivity contribution in [2.75, 3.05) is 5.88 Å². The number of hydrogen-bond donors (Lipinski definition) is 0. The van der Waals surface area contributed by atoms with Crippen LogP contribution in [0.3, 0.4) is 0 Å². The lowest BCUT2D eigenvalue weighted by Gasteiger charge is -2.25. The molecule has 1 unspecified atom stereocenters. The third kappa shape index (κ3) is 1.91. The zero-order valence-electron chi connectivity index (χ0n) is 9.51. The van der Waals surface area contributed by atoms with E-state index in [1.807, 2.05) is 6.07 Å². The van der Waals surface area contributed by atoms with Crippen LogP contribution in [0.5, 0.6) is 0 Å². The van der Waals surface area contributed by atoms with Crippen molar-refractivity contribution in [2.45, 2.75) is 6.54 Å². The van der Waals surface area contributed by atoms with Crippen molar-refractivity contribution in [1.82, 2.24) is 4.57 Å². The van der Waals surface area contributed by atoms with Gasteiger partial charge in [-0.25, -0.2) is 0 Å². The molecule has 1 aromatic carbocycles. The molecule has 17 heavy (non-hydrogen) atoms. The second-order valence-electron chi connectivity index (χ2n) is 4.40. The van der Waals surface area contributed by atoms with Crippen LogP contribution in [0.15, 0.2) is 48.7 Å². The number of aromatic nitrogens is 1. The highest BCUT2D eigenvalue weighted by Gasteiger charge is 2.20. The van der Waals surface area contributed by atoms with E-state index in [0.29, 0.717) is 11.8 Å². The molecule has 2 heteroatoms. The van der Waals surface area contributed by atoms with Crippen LogP contribution >= 0.6 is 11.6 Å². The molecule has 1 atom stereocenters. The van der Waals surface area contributed by atoms with Crippen LogP contribution in [0.4, 0.5) is 0 Å². The quantitative estimate of drug-likeness (QED) is 0.705. The van der Waals surface area contributed by atoms with E-state index in [0.717, 1.165) is 6.54 Å². The molecule has 2 aromatic rings. The smallest absolute Gasteiger partial charge is 0.0409 e. The zero-order valence-corrected chi connectivity index (χ0v) is 10.3. The Morgan fingerprint density at radius 3 is 2.71 bits per heavy atom. The molecular weight excluding hydrogens is 230 g/mol. The lowest BCUT2D eigenvalue weighted by atomic mass is 9.90. The topological polar surface area (TPSA) is 4.93 Å². The Morgan fingerprint density at radius 2 is 1.94 bits per heavy atom. The van der Waals surface area contributed by atoms with E-state index in [4.69, 9.17) is 11.6 Å². The summed E-state index contributed by atoms with van der Waals surface area (Å²) in [5, 5.41) is 0. The first-order valence-electron chi connectivity index (χ1n) is 5.86. The molecule has 1 aliphatic heterocycles. The minimum absolute atomic E-state index is 0.402. The first-order valence-corrected chi connectivity index (χ1v) is 6.40. The van der Waals surface area contributed by atoms with Gasteiger partial charge < -0.3 is 4.57 Å². The number of alkyl halides is 1. The van der Waals surface area contributed by atoms with E-state index in [1.165, 1.54) is 16.8 Å². The van der Waals surface area contributed by atoms with E-state index in [1.54, 1.807) is 0 Å². The molecule has 0 saturated carbocycles. The van der Waals surface area contributed by atoms with E-state index in [-0.39, 0.29) is 0 Å². The van der Waals surface area contributed by atoms with Gasteiger partial charge in [-0.1, -0.05) is 30.3 Å². The fraction of sp³-hybridized carbons (Fsp3) is 0.200. The number of nitrogens with zero attached hydrogens (tertiary/aromatic N) is 1. The number of rotatable bonds is 2. The Bertz CT molecular complexity index is 539. The average Bonchev–Trinajstić information content (AvgIpc) is 2.85. The second kappa shape index (κ2) is 4.42. The maximum Gasteiger partial charge on any atom is 0.0409 e. The molecule has 1 nitrogen and oxygen atoms in total. The van der Waals surface area contributed by atoms with Gasteiger partial charge in [0.1, 0.15) is 0 Å². The van der Waals surface area contributed by atoms with Crippen molar-refractivity contribution in [2.24, 2.45) is 5.92 Å². The number of halogens is 1. The van der Waals surface area contributed by atoms with Gasteiger partial charge in [0.2, 0.25) is 0 Å². The summed E-state index contributed by atoms with van der Waals surface area (Å²) in [6.45, 7) is 0.979. The van der Waals surface area contributed by atoms with Gasteiger partial charge in [0.15, 0.2) is 0 Å². The summed E-state index contributed by atoms with van der Waals surface area (Å²) in [6.07, 6.45) is 4.37. The fourth-order valence-electron chi connectivity index (χ4n) is 2.42. The van der Waals surface area contributed by atoms with E-state index >= 15 is 0 Å². The van der Waals surface area contributed by atoms with Gasteiger partial charge in [0.05, 0.1) is 0 Å². The summed E-state index contributed by atoms with van der Waals surface area (Å²) >= 11 is 6.10. The minimum atomic E-state index is 0.402. The molecule has 0 aliphatic carbocycles. The average molecular weight is 244 g/mol. The van der Waals surface area contributed by atoms with Crippen LogP contribution in [-0.4, -0.2) is 10.4 Å². The Hall–Kier alpha value is -1.47. The molecular formula is C15H14ClN. The van der Waals surface area contributed by atoms with Gasteiger partial charge in [0.25, 0.3) is 0 Å². The summed E-state index contributed by atoms with van der Waals surface area (Å²) in [6, 6.07) is 14.8. The summed E-state index contributed by atoms with van der Waals surface area (Å²) in [4.78, 5) is 0. The predicted molar refractivity (Wildman–Crippen MR) is 73.0 cm³/mol. The van der Waals surface area contributed by atoms with Gasteiger partial charge in [-0.2, -0.15) is 0 Å². The largest absolute Gasteiger partial charge is 0.347 e. The summed E-state index contributed by atoms with van der Waals surface area (Å²) in [7, 11) is 0. The molecule has 0 bridgehead atoms. The molecule has 1 aliphatic rings. The first kappa shape index (κ1) is 10.7. The van der Waals surface area contributed by atoms with Crippen LogP contribution in [0.1, 0.15) is 11.3 Å². The van der Waals surface area contributed by atoms with Crippen molar-refractivity contribution in [3.05, 3.63) is 59.9 Å². The van der Waals surface area contributed by atoms with Crippen molar-refractivity contribution in [3.63, 3.8) is 0 Å². The predicted octanol–water partition coefficient (Wildman–Crippen LogP) is 3.90. The molecule has 86 valence electrons. The van der Waals surface area contributed by atoms with Crippen molar-refractivity contribution in [3.8, 4) is 0 Å². The van der Waals surface area contributed by atoms with Crippen molar-refractivity contribution < 1.29 is 0 Å². The highest BCUT2D eigenvalue weighted by Crippen LogP contribution is 2.32. The maximum absolute atomic E-state index is 6.10. The molecule has 0 spiro atoms. The summed E-state index contributed by atoms with van der Waals surface area (Å²) in [5.41, 5.74) is 3.91. The molecule has 2 heterocycles. The SMILES string of the molecule is ClCC1Cn2cccc2C=C1c1ccccc1. The highest BCUT2D eigenvalue weighted by molar-refractivity contribution is 6.18. The number of allylic oxidation sites excluding steroid dienone is 1. The van der Waals surface area contributed by atoms with Crippen LogP contribution in [0.25, 0.3) is 11.6 Å².